The van der Waals surface area contributed by atoms with E-state index in [1.54, 1.807) is 13.2 Å². The van der Waals surface area contributed by atoms with Crippen LogP contribution in [0, 0.1) is 0 Å². The standard InChI is InChI=1S/C6H6N2O2/c1-8-3-2-5(4-7-8)6(9)10/h2-4H,1H3/p+1. The SMILES string of the molecule is C[n+]1ccc(C(=O)O)cn1. The van der Waals surface area contributed by atoms with Gasteiger partial charge in [0.05, 0.1) is 5.56 Å². The van der Waals surface area contributed by atoms with Crippen molar-refractivity contribution in [1.29, 1.82) is 0 Å². The zero-order valence-electron chi connectivity index (χ0n) is 5.48. The van der Waals surface area contributed by atoms with Crippen molar-refractivity contribution in [3.05, 3.63) is 24.0 Å². The van der Waals surface area contributed by atoms with Crippen LogP contribution in [0.2, 0.25) is 0 Å². The van der Waals surface area contributed by atoms with E-state index in [0.29, 0.717) is 0 Å². The van der Waals surface area contributed by atoms with E-state index in [2.05, 4.69) is 5.10 Å². The van der Waals surface area contributed by atoms with Gasteiger partial charge in [-0.3, -0.25) is 0 Å². The normalized spacial score (nSPS) is 9.30. The van der Waals surface area contributed by atoms with Crippen LogP contribution >= 0.6 is 0 Å². The molecule has 0 atom stereocenters. The molecule has 4 nitrogen and oxygen atoms in total. The Bertz CT molecular complexity index is 242. The van der Waals surface area contributed by atoms with Crippen LogP contribution in [0.5, 0.6) is 0 Å². The zero-order valence-corrected chi connectivity index (χ0v) is 5.48. The van der Waals surface area contributed by atoms with Gasteiger partial charge in [-0.1, -0.05) is 4.68 Å². The Hall–Kier alpha value is -1.45. The Labute approximate surface area is 57.7 Å². The second-order valence-electron chi connectivity index (χ2n) is 1.89. The van der Waals surface area contributed by atoms with E-state index in [1.807, 2.05) is 0 Å². The van der Waals surface area contributed by atoms with E-state index >= 15 is 0 Å². The summed E-state index contributed by atoms with van der Waals surface area (Å²) in [6.07, 6.45) is 2.89. The summed E-state index contributed by atoms with van der Waals surface area (Å²) in [6.45, 7) is 0. The summed E-state index contributed by atoms with van der Waals surface area (Å²) in [5, 5.41) is 12.2. The largest absolute Gasteiger partial charge is 0.478 e. The van der Waals surface area contributed by atoms with Crippen LogP contribution < -0.4 is 4.68 Å². The third kappa shape index (κ3) is 1.28. The van der Waals surface area contributed by atoms with Crippen molar-refractivity contribution < 1.29 is 14.6 Å². The van der Waals surface area contributed by atoms with E-state index in [0.717, 1.165) is 0 Å². The fourth-order valence-corrected chi connectivity index (χ4v) is 0.549. The van der Waals surface area contributed by atoms with Gasteiger partial charge < -0.3 is 5.11 Å². The topological polar surface area (TPSA) is 54.1 Å². The van der Waals surface area contributed by atoms with Crippen LogP contribution in [0.1, 0.15) is 10.4 Å². The molecule has 0 radical (unpaired) electrons. The highest BCUT2D eigenvalue weighted by Gasteiger charge is 2.03. The molecule has 4 heteroatoms. The molecule has 0 bridgehead atoms. The molecule has 1 aromatic rings. The van der Waals surface area contributed by atoms with E-state index < -0.39 is 5.97 Å². The Morgan fingerprint density at radius 2 is 2.50 bits per heavy atom. The average Bonchev–Trinajstić information content (AvgIpc) is 1.88. The molecule has 0 unspecified atom stereocenters. The first-order valence-corrected chi connectivity index (χ1v) is 2.75. The third-order valence-electron chi connectivity index (χ3n) is 1.10. The number of carboxylic acids is 1. The van der Waals surface area contributed by atoms with Crippen molar-refractivity contribution in [1.82, 2.24) is 5.10 Å². The Morgan fingerprint density at radius 1 is 1.80 bits per heavy atom. The molecular weight excluding hydrogens is 132 g/mol. The molecule has 0 aliphatic carbocycles. The fourth-order valence-electron chi connectivity index (χ4n) is 0.549. The first-order chi connectivity index (χ1) is 4.70. The van der Waals surface area contributed by atoms with E-state index in [-0.39, 0.29) is 5.56 Å². The third-order valence-corrected chi connectivity index (χ3v) is 1.10. The summed E-state index contributed by atoms with van der Waals surface area (Å²) in [7, 11) is 1.73. The number of aromatic carboxylic acids is 1. The second-order valence-corrected chi connectivity index (χ2v) is 1.89. The molecule has 0 spiro atoms. The molecule has 0 saturated heterocycles. The number of aromatic nitrogens is 2. The number of hydrogen-bond acceptors (Lipinski definition) is 2. The fraction of sp³-hybridized carbons (Fsp3) is 0.167. The van der Waals surface area contributed by atoms with Crippen LogP contribution in [0.4, 0.5) is 0 Å². The molecule has 1 heterocycles. The van der Waals surface area contributed by atoms with Crippen molar-refractivity contribution in [2.75, 3.05) is 0 Å². The van der Waals surface area contributed by atoms with Gasteiger partial charge in [0, 0.05) is 6.07 Å². The molecule has 0 fully saturated rings. The van der Waals surface area contributed by atoms with Gasteiger partial charge in [0.2, 0.25) is 0 Å². The maximum absolute atomic E-state index is 10.3. The number of nitrogens with zero attached hydrogens (tertiary/aromatic N) is 2. The minimum Gasteiger partial charge on any atom is -0.478 e. The van der Waals surface area contributed by atoms with Crippen LogP contribution in [0.15, 0.2) is 18.5 Å². The lowest BCUT2D eigenvalue weighted by Gasteiger charge is -1.87. The summed E-state index contributed by atoms with van der Waals surface area (Å²) in [6, 6.07) is 1.50. The van der Waals surface area contributed by atoms with Gasteiger partial charge in [-0.2, -0.15) is 0 Å². The van der Waals surface area contributed by atoms with Gasteiger partial charge in [-0.15, -0.1) is 0 Å². The predicted octanol–water partition coefficient (Wildman–Crippen LogP) is -0.396. The quantitative estimate of drug-likeness (QED) is 0.539. The molecule has 10 heavy (non-hydrogen) atoms. The maximum Gasteiger partial charge on any atom is 0.337 e. The molecule has 52 valence electrons. The zero-order chi connectivity index (χ0) is 7.56. The maximum atomic E-state index is 10.3. The number of rotatable bonds is 1. The van der Waals surface area contributed by atoms with Crippen molar-refractivity contribution >= 4 is 5.97 Å². The smallest absolute Gasteiger partial charge is 0.337 e. The van der Waals surface area contributed by atoms with Gasteiger partial charge >= 0.3 is 5.97 Å². The average molecular weight is 139 g/mol. The van der Waals surface area contributed by atoms with Gasteiger partial charge in [-0.05, 0) is 5.10 Å². The highest BCUT2D eigenvalue weighted by atomic mass is 16.4. The summed E-state index contributed by atoms with van der Waals surface area (Å²) < 4.78 is 1.53. The highest BCUT2D eigenvalue weighted by Crippen LogP contribution is 1.90. The van der Waals surface area contributed by atoms with Gasteiger partial charge in [-0.25, -0.2) is 4.79 Å². The lowest BCUT2D eigenvalue weighted by Crippen LogP contribution is -2.32. The Balaban J connectivity index is 3.00. The van der Waals surface area contributed by atoms with Crippen molar-refractivity contribution in [2.45, 2.75) is 0 Å². The summed E-state index contributed by atoms with van der Waals surface area (Å²) in [4.78, 5) is 10.3. The van der Waals surface area contributed by atoms with Gasteiger partial charge in [0.15, 0.2) is 13.2 Å². The van der Waals surface area contributed by atoms with Crippen LogP contribution in [-0.4, -0.2) is 16.2 Å². The molecule has 1 aromatic heterocycles. The van der Waals surface area contributed by atoms with Crippen molar-refractivity contribution in [3.8, 4) is 0 Å². The van der Waals surface area contributed by atoms with Crippen molar-refractivity contribution in [3.63, 3.8) is 0 Å². The van der Waals surface area contributed by atoms with Crippen LogP contribution in [0.3, 0.4) is 0 Å². The molecule has 0 saturated carbocycles. The Kier molecular flexibility index (Phi) is 1.62. The lowest BCUT2D eigenvalue weighted by molar-refractivity contribution is -0.730. The van der Waals surface area contributed by atoms with Gasteiger partial charge in [0.1, 0.15) is 6.20 Å². The van der Waals surface area contributed by atoms with E-state index in [4.69, 9.17) is 5.11 Å². The summed E-state index contributed by atoms with van der Waals surface area (Å²) >= 11 is 0. The van der Waals surface area contributed by atoms with Gasteiger partial charge in [0.25, 0.3) is 0 Å². The number of carbonyl (C=O) groups is 1. The highest BCUT2D eigenvalue weighted by molar-refractivity contribution is 5.86. The van der Waals surface area contributed by atoms with E-state index in [1.165, 1.54) is 16.9 Å². The Morgan fingerprint density at radius 3 is 2.90 bits per heavy atom. The van der Waals surface area contributed by atoms with Crippen LogP contribution in [0.25, 0.3) is 0 Å². The summed E-state index contributed by atoms with van der Waals surface area (Å²) in [5.41, 5.74) is 0.207. The first-order valence-electron chi connectivity index (χ1n) is 2.75. The second kappa shape index (κ2) is 2.43. The summed E-state index contributed by atoms with van der Waals surface area (Å²) in [5.74, 6) is -0.951. The molecule has 0 amide bonds. The monoisotopic (exact) mass is 139 g/mol. The predicted molar refractivity (Wildman–Crippen MR) is 32.4 cm³/mol. The molecule has 0 aromatic carbocycles. The van der Waals surface area contributed by atoms with Crippen LogP contribution in [-0.2, 0) is 7.05 Å². The minimum absolute atomic E-state index is 0.207. The molecular formula is C6H7N2O2+. The molecule has 0 aliphatic rings. The minimum atomic E-state index is -0.951. The first kappa shape index (κ1) is 6.67. The number of aryl methyl sites for hydroxylation is 1. The molecule has 1 N–H and O–H groups in total. The van der Waals surface area contributed by atoms with E-state index in [9.17, 15) is 4.79 Å². The number of hydrogen-bond donors (Lipinski definition) is 1. The number of carboxylic acid groups (broad SMARTS) is 1. The van der Waals surface area contributed by atoms with Crippen molar-refractivity contribution in [2.24, 2.45) is 7.05 Å². The lowest BCUT2D eigenvalue weighted by atomic mass is 10.3. The molecule has 0 aliphatic heterocycles. The molecule has 1 rings (SSSR count).